The molecule has 1 aromatic carbocycles. The molecule has 22 heavy (non-hydrogen) atoms. The second-order valence-electron chi connectivity index (χ2n) is 6.97. The standard InChI is InChI=1S/C20H26OS/c1-4-5-7-18-17(14-20(2,3)21-18)15-9-11-16(12-10-15)19-8-6-13-22-19/h6,8-13,17-18H,4-5,7,14H2,1-3H3/t17-,18+/m1/s1. The SMILES string of the molecule is CCCC[C@@H]1OC(C)(C)C[C@@H]1c1ccc(-c2cccs2)cc1. The van der Waals surface area contributed by atoms with E-state index in [1.165, 1.54) is 35.3 Å². The minimum Gasteiger partial charge on any atom is -0.372 e. The molecule has 1 aliphatic heterocycles. The number of ether oxygens (including phenoxy) is 1. The summed E-state index contributed by atoms with van der Waals surface area (Å²) in [6.07, 6.45) is 5.17. The van der Waals surface area contributed by atoms with Crippen LogP contribution in [0.25, 0.3) is 10.4 Å². The Morgan fingerprint density at radius 2 is 1.95 bits per heavy atom. The molecule has 0 amide bonds. The molecular weight excluding hydrogens is 288 g/mol. The van der Waals surface area contributed by atoms with Crippen LogP contribution in [0.4, 0.5) is 0 Å². The first-order chi connectivity index (χ1) is 10.6. The third-order valence-corrected chi connectivity index (χ3v) is 5.54. The van der Waals surface area contributed by atoms with Crippen molar-refractivity contribution in [1.82, 2.24) is 0 Å². The first kappa shape index (κ1) is 15.8. The van der Waals surface area contributed by atoms with Crippen LogP contribution in [0.2, 0.25) is 0 Å². The fourth-order valence-electron chi connectivity index (χ4n) is 3.54. The Hall–Kier alpha value is -1.12. The van der Waals surface area contributed by atoms with E-state index in [1.807, 2.05) is 0 Å². The lowest BCUT2D eigenvalue weighted by atomic mass is 9.86. The summed E-state index contributed by atoms with van der Waals surface area (Å²) < 4.78 is 6.32. The molecule has 0 radical (unpaired) electrons. The Morgan fingerprint density at radius 3 is 2.59 bits per heavy atom. The molecule has 1 aliphatic rings. The van der Waals surface area contributed by atoms with Gasteiger partial charge < -0.3 is 4.74 Å². The average Bonchev–Trinajstić information content (AvgIpc) is 3.13. The molecule has 2 aromatic rings. The molecule has 1 fully saturated rings. The van der Waals surface area contributed by atoms with Crippen LogP contribution in [0.15, 0.2) is 41.8 Å². The summed E-state index contributed by atoms with van der Waals surface area (Å²) >= 11 is 1.80. The third-order valence-electron chi connectivity index (χ3n) is 4.62. The molecule has 1 aromatic heterocycles. The second kappa shape index (κ2) is 6.55. The van der Waals surface area contributed by atoms with Gasteiger partial charge in [0.2, 0.25) is 0 Å². The van der Waals surface area contributed by atoms with Gasteiger partial charge in [-0.2, -0.15) is 0 Å². The van der Waals surface area contributed by atoms with E-state index in [0.29, 0.717) is 12.0 Å². The molecule has 0 N–H and O–H groups in total. The van der Waals surface area contributed by atoms with Gasteiger partial charge in [0.1, 0.15) is 0 Å². The normalized spacial score (nSPS) is 23.8. The molecule has 0 saturated carbocycles. The number of rotatable bonds is 5. The van der Waals surface area contributed by atoms with Gasteiger partial charge in [-0.3, -0.25) is 0 Å². The monoisotopic (exact) mass is 314 g/mol. The molecule has 0 spiro atoms. The van der Waals surface area contributed by atoms with Gasteiger partial charge in [-0.25, -0.2) is 0 Å². The fraction of sp³-hybridized carbons (Fsp3) is 0.500. The highest BCUT2D eigenvalue weighted by molar-refractivity contribution is 7.13. The summed E-state index contributed by atoms with van der Waals surface area (Å²) in [5.41, 5.74) is 2.77. The van der Waals surface area contributed by atoms with Crippen molar-refractivity contribution >= 4 is 11.3 Å². The van der Waals surface area contributed by atoms with Crippen molar-refractivity contribution in [3.8, 4) is 10.4 Å². The van der Waals surface area contributed by atoms with E-state index in [9.17, 15) is 0 Å². The third kappa shape index (κ3) is 3.44. The van der Waals surface area contributed by atoms with Gasteiger partial charge in [0.25, 0.3) is 0 Å². The van der Waals surface area contributed by atoms with Crippen LogP contribution in [0.3, 0.4) is 0 Å². The van der Waals surface area contributed by atoms with Gasteiger partial charge in [0.05, 0.1) is 11.7 Å². The lowest BCUT2D eigenvalue weighted by molar-refractivity contribution is -0.0211. The van der Waals surface area contributed by atoms with Crippen LogP contribution in [-0.2, 0) is 4.74 Å². The zero-order valence-electron chi connectivity index (χ0n) is 13.8. The van der Waals surface area contributed by atoms with Gasteiger partial charge in [0.15, 0.2) is 0 Å². The highest BCUT2D eigenvalue weighted by Crippen LogP contribution is 2.43. The summed E-state index contributed by atoms with van der Waals surface area (Å²) in [6.45, 7) is 6.71. The van der Waals surface area contributed by atoms with Crippen LogP contribution in [0.1, 0.15) is 57.9 Å². The molecule has 3 rings (SSSR count). The summed E-state index contributed by atoms with van der Waals surface area (Å²) in [5.74, 6) is 0.541. The molecular formula is C20H26OS. The van der Waals surface area contributed by atoms with Crippen LogP contribution >= 0.6 is 11.3 Å². The highest BCUT2D eigenvalue weighted by atomic mass is 32.1. The van der Waals surface area contributed by atoms with Crippen molar-refractivity contribution in [2.24, 2.45) is 0 Å². The Kier molecular flexibility index (Phi) is 4.70. The number of thiophene rings is 1. The number of hydrogen-bond donors (Lipinski definition) is 0. The average molecular weight is 314 g/mol. The molecule has 2 heterocycles. The lowest BCUT2D eigenvalue weighted by Gasteiger charge is -2.20. The van der Waals surface area contributed by atoms with Gasteiger partial charge in [-0.1, -0.05) is 50.1 Å². The first-order valence-electron chi connectivity index (χ1n) is 8.41. The summed E-state index contributed by atoms with van der Waals surface area (Å²) in [6, 6.07) is 13.5. The van der Waals surface area contributed by atoms with Crippen LogP contribution < -0.4 is 0 Å². The molecule has 1 nitrogen and oxygen atoms in total. The Balaban J connectivity index is 1.79. The van der Waals surface area contributed by atoms with Gasteiger partial charge >= 0.3 is 0 Å². The molecule has 0 aliphatic carbocycles. The van der Waals surface area contributed by atoms with E-state index in [2.05, 4.69) is 62.5 Å². The summed E-state index contributed by atoms with van der Waals surface area (Å²) in [4.78, 5) is 1.34. The van der Waals surface area contributed by atoms with Crippen molar-refractivity contribution in [2.45, 2.75) is 64.1 Å². The molecule has 2 atom stereocenters. The Bertz CT molecular complexity index is 583. The Labute approximate surface area is 138 Å². The number of hydrogen-bond acceptors (Lipinski definition) is 2. The largest absolute Gasteiger partial charge is 0.372 e. The molecule has 2 heteroatoms. The number of benzene rings is 1. The van der Waals surface area contributed by atoms with E-state index in [-0.39, 0.29) is 5.60 Å². The minimum absolute atomic E-state index is 0.00942. The number of unbranched alkanes of at least 4 members (excludes halogenated alkanes) is 1. The zero-order valence-corrected chi connectivity index (χ0v) is 14.7. The van der Waals surface area contributed by atoms with Crippen LogP contribution in [-0.4, -0.2) is 11.7 Å². The van der Waals surface area contributed by atoms with E-state index in [4.69, 9.17) is 4.74 Å². The zero-order chi connectivity index (χ0) is 15.6. The molecule has 0 unspecified atom stereocenters. The van der Waals surface area contributed by atoms with Crippen LogP contribution in [0, 0.1) is 0 Å². The van der Waals surface area contributed by atoms with Crippen molar-refractivity contribution in [1.29, 1.82) is 0 Å². The topological polar surface area (TPSA) is 9.23 Å². The first-order valence-corrected chi connectivity index (χ1v) is 9.29. The fourth-order valence-corrected chi connectivity index (χ4v) is 4.27. The minimum atomic E-state index is 0.00942. The van der Waals surface area contributed by atoms with Crippen LogP contribution in [0.5, 0.6) is 0 Å². The van der Waals surface area contributed by atoms with E-state index in [0.717, 1.165) is 6.42 Å². The predicted molar refractivity (Wildman–Crippen MR) is 95.6 cm³/mol. The van der Waals surface area contributed by atoms with Crippen molar-refractivity contribution in [3.05, 3.63) is 47.3 Å². The van der Waals surface area contributed by atoms with Crippen molar-refractivity contribution < 1.29 is 4.74 Å². The highest BCUT2D eigenvalue weighted by Gasteiger charge is 2.40. The maximum Gasteiger partial charge on any atom is 0.0651 e. The maximum atomic E-state index is 6.32. The van der Waals surface area contributed by atoms with Crippen molar-refractivity contribution in [3.63, 3.8) is 0 Å². The lowest BCUT2D eigenvalue weighted by Crippen LogP contribution is -2.20. The molecule has 118 valence electrons. The van der Waals surface area contributed by atoms with E-state index < -0.39 is 0 Å². The quantitative estimate of drug-likeness (QED) is 0.633. The van der Waals surface area contributed by atoms with Gasteiger partial charge in [-0.05, 0) is 49.3 Å². The maximum absolute atomic E-state index is 6.32. The van der Waals surface area contributed by atoms with E-state index in [1.54, 1.807) is 11.3 Å². The van der Waals surface area contributed by atoms with E-state index >= 15 is 0 Å². The van der Waals surface area contributed by atoms with Gasteiger partial charge in [-0.15, -0.1) is 11.3 Å². The summed E-state index contributed by atoms with van der Waals surface area (Å²) in [5, 5.41) is 2.14. The smallest absolute Gasteiger partial charge is 0.0651 e. The summed E-state index contributed by atoms with van der Waals surface area (Å²) in [7, 11) is 0. The molecule has 1 saturated heterocycles. The molecule has 0 bridgehead atoms. The van der Waals surface area contributed by atoms with Crippen molar-refractivity contribution in [2.75, 3.05) is 0 Å². The van der Waals surface area contributed by atoms with Gasteiger partial charge in [0, 0.05) is 10.8 Å². The second-order valence-corrected chi connectivity index (χ2v) is 7.92. The predicted octanol–water partition coefficient (Wildman–Crippen LogP) is 6.26. The Morgan fingerprint density at radius 1 is 1.18 bits per heavy atom.